The standard InChI is InChI=1S/C23H27N3O3/c27-16-19-1-3-20(4-2-19)22(29)25-13-9-23(10-14-25)8-5-21(28)26(17-23)15-18-6-11-24-12-7-18/h1-4,6-7,11-12,27H,5,8-10,13-17H2. The van der Waals surface area contributed by atoms with Crippen molar-refractivity contribution in [3.63, 3.8) is 0 Å². The molecule has 2 aromatic rings. The maximum absolute atomic E-state index is 12.8. The fourth-order valence-corrected chi connectivity index (χ4v) is 4.48. The summed E-state index contributed by atoms with van der Waals surface area (Å²) in [6, 6.07) is 11.1. The zero-order valence-electron chi connectivity index (χ0n) is 16.6. The predicted molar refractivity (Wildman–Crippen MR) is 109 cm³/mol. The molecule has 2 aliphatic rings. The number of hydrogen-bond donors (Lipinski definition) is 1. The summed E-state index contributed by atoms with van der Waals surface area (Å²) in [6.07, 6.45) is 6.86. The topological polar surface area (TPSA) is 73.7 Å². The van der Waals surface area contributed by atoms with Gasteiger partial charge in [-0.3, -0.25) is 14.6 Å². The molecule has 2 saturated heterocycles. The number of carbonyl (C=O) groups is 2. The number of aliphatic hydroxyl groups is 1. The largest absolute Gasteiger partial charge is 0.392 e. The van der Waals surface area contributed by atoms with Gasteiger partial charge in [-0.05, 0) is 60.1 Å². The third-order valence-electron chi connectivity index (χ3n) is 6.37. The Kier molecular flexibility index (Phi) is 5.62. The minimum Gasteiger partial charge on any atom is -0.392 e. The lowest BCUT2D eigenvalue weighted by Gasteiger charge is -2.47. The highest BCUT2D eigenvalue weighted by atomic mass is 16.3. The molecule has 2 amide bonds. The van der Waals surface area contributed by atoms with E-state index in [1.54, 1.807) is 36.7 Å². The van der Waals surface area contributed by atoms with Crippen molar-refractivity contribution in [3.8, 4) is 0 Å². The molecule has 6 nitrogen and oxygen atoms in total. The molecule has 0 aliphatic carbocycles. The van der Waals surface area contributed by atoms with Gasteiger partial charge >= 0.3 is 0 Å². The predicted octanol–water partition coefficient (Wildman–Crippen LogP) is 2.62. The van der Waals surface area contributed by atoms with Gasteiger partial charge < -0.3 is 14.9 Å². The average Bonchev–Trinajstić information content (AvgIpc) is 2.77. The zero-order chi connectivity index (χ0) is 20.3. The summed E-state index contributed by atoms with van der Waals surface area (Å²) >= 11 is 0. The number of amides is 2. The number of benzene rings is 1. The van der Waals surface area contributed by atoms with Crippen LogP contribution in [0.25, 0.3) is 0 Å². The Morgan fingerprint density at radius 1 is 1.00 bits per heavy atom. The van der Waals surface area contributed by atoms with Crippen molar-refractivity contribution >= 4 is 11.8 Å². The highest BCUT2D eigenvalue weighted by Gasteiger charge is 2.41. The lowest BCUT2D eigenvalue weighted by Crippen LogP contribution is -2.52. The second-order valence-electron chi connectivity index (χ2n) is 8.25. The van der Waals surface area contributed by atoms with Crippen molar-refractivity contribution in [2.45, 2.75) is 38.8 Å². The van der Waals surface area contributed by atoms with Gasteiger partial charge in [0.1, 0.15) is 0 Å². The third-order valence-corrected chi connectivity index (χ3v) is 6.37. The molecule has 0 unspecified atom stereocenters. The fraction of sp³-hybridized carbons (Fsp3) is 0.435. The molecular weight excluding hydrogens is 366 g/mol. The van der Waals surface area contributed by atoms with Crippen LogP contribution < -0.4 is 0 Å². The molecule has 1 aromatic heterocycles. The van der Waals surface area contributed by atoms with E-state index in [4.69, 9.17) is 5.11 Å². The van der Waals surface area contributed by atoms with E-state index in [0.29, 0.717) is 18.5 Å². The first kappa shape index (κ1) is 19.6. The first-order valence-electron chi connectivity index (χ1n) is 10.2. The number of nitrogens with zero attached hydrogens (tertiary/aromatic N) is 3. The first-order valence-corrected chi connectivity index (χ1v) is 10.2. The molecule has 1 N–H and O–H groups in total. The van der Waals surface area contributed by atoms with E-state index in [2.05, 4.69) is 4.98 Å². The van der Waals surface area contributed by atoms with Gasteiger partial charge in [0.15, 0.2) is 0 Å². The summed E-state index contributed by atoms with van der Waals surface area (Å²) in [6.45, 7) is 2.81. The van der Waals surface area contributed by atoms with E-state index < -0.39 is 0 Å². The summed E-state index contributed by atoms with van der Waals surface area (Å²) in [5, 5.41) is 9.16. The van der Waals surface area contributed by atoms with Crippen LogP contribution in [0.1, 0.15) is 47.2 Å². The number of carbonyl (C=O) groups excluding carboxylic acids is 2. The van der Waals surface area contributed by atoms with Gasteiger partial charge in [-0.15, -0.1) is 0 Å². The van der Waals surface area contributed by atoms with Crippen LogP contribution in [0.2, 0.25) is 0 Å². The molecule has 0 radical (unpaired) electrons. The average molecular weight is 393 g/mol. The smallest absolute Gasteiger partial charge is 0.253 e. The van der Waals surface area contributed by atoms with Crippen LogP contribution >= 0.6 is 0 Å². The van der Waals surface area contributed by atoms with Gasteiger partial charge in [-0.2, -0.15) is 0 Å². The van der Waals surface area contributed by atoms with Crippen molar-refractivity contribution in [2.75, 3.05) is 19.6 Å². The molecule has 29 heavy (non-hydrogen) atoms. The quantitative estimate of drug-likeness (QED) is 0.867. The molecule has 4 rings (SSSR count). The molecule has 0 saturated carbocycles. The highest BCUT2D eigenvalue weighted by Crippen LogP contribution is 2.40. The van der Waals surface area contributed by atoms with Crippen molar-refractivity contribution in [2.24, 2.45) is 5.41 Å². The molecule has 1 aromatic carbocycles. The second kappa shape index (κ2) is 8.33. The number of aliphatic hydroxyl groups excluding tert-OH is 1. The summed E-state index contributed by atoms with van der Waals surface area (Å²) in [4.78, 5) is 33.2. The van der Waals surface area contributed by atoms with E-state index in [0.717, 1.165) is 50.0 Å². The number of likely N-dealkylation sites (tertiary alicyclic amines) is 2. The maximum Gasteiger partial charge on any atom is 0.253 e. The Hall–Kier alpha value is -2.73. The minimum absolute atomic E-state index is 0.0184. The number of rotatable bonds is 4. The Balaban J connectivity index is 1.38. The van der Waals surface area contributed by atoms with E-state index in [1.807, 2.05) is 21.9 Å². The number of aromatic nitrogens is 1. The van der Waals surface area contributed by atoms with E-state index >= 15 is 0 Å². The summed E-state index contributed by atoms with van der Waals surface area (Å²) in [7, 11) is 0. The van der Waals surface area contributed by atoms with Gasteiger partial charge in [0.05, 0.1) is 6.61 Å². The molecule has 3 heterocycles. The van der Waals surface area contributed by atoms with Crippen LogP contribution in [-0.2, 0) is 17.9 Å². The highest BCUT2D eigenvalue weighted by molar-refractivity contribution is 5.94. The number of hydrogen-bond acceptors (Lipinski definition) is 4. The van der Waals surface area contributed by atoms with Crippen molar-refractivity contribution in [3.05, 3.63) is 65.5 Å². The molecule has 1 spiro atoms. The van der Waals surface area contributed by atoms with Crippen molar-refractivity contribution in [1.29, 1.82) is 0 Å². The second-order valence-corrected chi connectivity index (χ2v) is 8.25. The van der Waals surface area contributed by atoms with E-state index in [9.17, 15) is 9.59 Å². The normalized spacial score (nSPS) is 18.9. The summed E-state index contributed by atoms with van der Waals surface area (Å²) in [5.41, 5.74) is 2.68. The molecular formula is C23H27N3O3. The van der Waals surface area contributed by atoms with Crippen molar-refractivity contribution in [1.82, 2.24) is 14.8 Å². The van der Waals surface area contributed by atoms with Crippen LogP contribution in [0.4, 0.5) is 0 Å². The third kappa shape index (κ3) is 4.32. The Morgan fingerprint density at radius 3 is 2.34 bits per heavy atom. The van der Waals surface area contributed by atoms with Gasteiger partial charge in [0, 0.05) is 50.6 Å². The van der Waals surface area contributed by atoms with Gasteiger partial charge in [0.2, 0.25) is 5.91 Å². The van der Waals surface area contributed by atoms with Gasteiger partial charge in [-0.25, -0.2) is 0 Å². The fourth-order valence-electron chi connectivity index (χ4n) is 4.48. The molecule has 2 fully saturated rings. The molecule has 0 atom stereocenters. The Bertz CT molecular complexity index is 859. The first-order chi connectivity index (χ1) is 14.1. The lowest BCUT2D eigenvalue weighted by molar-refractivity contribution is -0.139. The monoisotopic (exact) mass is 393 g/mol. The Labute approximate surface area is 171 Å². The van der Waals surface area contributed by atoms with Crippen LogP contribution in [0, 0.1) is 5.41 Å². The van der Waals surface area contributed by atoms with Gasteiger partial charge in [0.25, 0.3) is 5.91 Å². The SMILES string of the molecule is O=C1CCC2(CCN(C(=O)c3ccc(CO)cc3)CC2)CN1Cc1ccncc1. The number of pyridine rings is 1. The molecule has 6 heteroatoms. The van der Waals surface area contributed by atoms with E-state index in [-0.39, 0.29) is 23.8 Å². The zero-order valence-corrected chi connectivity index (χ0v) is 16.6. The summed E-state index contributed by atoms with van der Waals surface area (Å²) in [5.74, 6) is 0.264. The Morgan fingerprint density at radius 2 is 1.69 bits per heavy atom. The molecule has 2 aliphatic heterocycles. The van der Waals surface area contributed by atoms with Crippen LogP contribution in [-0.4, -0.2) is 51.3 Å². The molecule has 0 bridgehead atoms. The lowest BCUT2D eigenvalue weighted by atomic mass is 9.72. The minimum atomic E-state index is -0.0184. The maximum atomic E-state index is 12.8. The van der Waals surface area contributed by atoms with E-state index in [1.165, 1.54) is 0 Å². The summed E-state index contributed by atoms with van der Waals surface area (Å²) < 4.78 is 0. The van der Waals surface area contributed by atoms with Crippen LogP contribution in [0.3, 0.4) is 0 Å². The molecule has 152 valence electrons. The van der Waals surface area contributed by atoms with Crippen molar-refractivity contribution < 1.29 is 14.7 Å². The number of piperidine rings is 2. The van der Waals surface area contributed by atoms with Gasteiger partial charge in [-0.1, -0.05) is 12.1 Å². The van der Waals surface area contributed by atoms with Crippen LogP contribution in [0.5, 0.6) is 0 Å². The van der Waals surface area contributed by atoms with Crippen LogP contribution in [0.15, 0.2) is 48.8 Å².